The van der Waals surface area contributed by atoms with E-state index >= 15 is 0 Å². The van der Waals surface area contributed by atoms with Gasteiger partial charge in [0.05, 0.1) is 12.0 Å². The molecule has 5 nitrogen and oxygen atoms in total. The van der Waals surface area contributed by atoms with Gasteiger partial charge in [0.15, 0.2) is 11.5 Å². The molecule has 23 heavy (non-hydrogen) atoms. The van der Waals surface area contributed by atoms with E-state index in [4.69, 9.17) is 9.47 Å². The van der Waals surface area contributed by atoms with Crippen LogP contribution in [0.3, 0.4) is 0 Å². The lowest BCUT2D eigenvalue weighted by Gasteiger charge is -2.37. The number of ether oxygens (including phenoxy) is 2. The maximum absolute atomic E-state index is 12.8. The van der Waals surface area contributed by atoms with E-state index in [2.05, 4.69) is 10.6 Å². The van der Waals surface area contributed by atoms with Gasteiger partial charge in [-0.1, -0.05) is 25.0 Å². The number of hydrogen-bond acceptors (Lipinski definition) is 4. The Bertz CT molecular complexity index is 591. The third-order valence-corrected chi connectivity index (χ3v) is 5.55. The fraction of sp³-hybridized carbons (Fsp3) is 0.611. The minimum absolute atomic E-state index is 0.123. The highest BCUT2D eigenvalue weighted by atomic mass is 16.6. The van der Waals surface area contributed by atoms with Crippen molar-refractivity contribution in [1.29, 1.82) is 0 Å². The van der Waals surface area contributed by atoms with E-state index in [9.17, 15) is 4.79 Å². The zero-order valence-corrected chi connectivity index (χ0v) is 13.3. The van der Waals surface area contributed by atoms with Gasteiger partial charge in [0.25, 0.3) is 0 Å². The van der Waals surface area contributed by atoms with Gasteiger partial charge in [0.1, 0.15) is 12.7 Å². The van der Waals surface area contributed by atoms with E-state index in [-0.39, 0.29) is 17.4 Å². The second kappa shape index (κ2) is 6.04. The van der Waals surface area contributed by atoms with Crippen LogP contribution in [-0.4, -0.2) is 38.3 Å². The predicted molar refractivity (Wildman–Crippen MR) is 86.6 cm³/mol. The van der Waals surface area contributed by atoms with Crippen LogP contribution in [0.15, 0.2) is 24.3 Å². The number of para-hydroxylation sites is 2. The Hall–Kier alpha value is -1.75. The summed E-state index contributed by atoms with van der Waals surface area (Å²) < 4.78 is 11.6. The standard InChI is InChI=1S/C18H24N2O3/c21-17(18-8-4-3-5-13(18)9-19-12-18)20-10-14-11-22-15-6-1-2-7-16(15)23-14/h1-2,6-7,13-14,19H,3-5,8-12H2,(H,20,21)/t13-,14?,18+/m0/s1. The summed E-state index contributed by atoms with van der Waals surface area (Å²) in [6.45, 7) is 2.77. The van der Waals surface area contributed by atoms with Crippen molar-refractivity contribution in [2.24, 2.45) is 11.3 Å². The molecular formula is C18H24N2O3. The summed E-state index contributed by atoms with van der Waals surface area (Å²) in [5.74, 6) is 2.21. The van der Waals surface area contributed by atoms with Crippen LogP contribution in [-0.2, 0) is 4.79 Å². The number of rotatable bonds is 3. The Morgan fingerprint density at radius 1 is 1.30 bits per heavy atom. The quantitative estimate of drug-likeness (QED) is 0.891. The van der Waals surface area contributed by atoms with Crippen LogP contribution < -0.4 is 20.1 Å². The molecule has 2 N–H and O–H groups in total. The first kappa shape index (κ1) is 14.8. The molecule has 0 bridgehead atoms. The Kier molecular flexibility index (Phi) is 3.89. The smallest absolute Gasteiger partial charge is 0.227 e. The molecule has 0 radical (unpaired) electrons. The average Bonchev–Trinajstić information content (AvgIpc) is 3.04. The monoisotopic (exact) mass is 316 g/mol. The maximum atomic E-state index is 12.8. The molecule has 1 saturated heterocycles. The number of carbonyl (C=O) groups excluding carboxylic acids is 1. The molecule has 1 aliphatic carbocycles. The molecule has 0 spiro atoms. The van der Waals surface area contributed by atoms with Gasteiger partial charge >= 0.3 is 0 Å². The number of carbonyl (C=O) groups is 1. The number of fused-ring (bicyclic) bond motifs is 2. The maximum Gasteiger partial charge on any atom is 0.227 e. The molecule has 1 saturated carbocycles. The van der Waals surface area contributed by atoms with Gasteiger partial charge in [-0.2, -0.15) is 0 Å². The van der Waals surface area contributed by atoms with Gasteiger partial charge in [-0.3, -0.25) is 4.79 Å². The molecule has 2 aliphatic heterocycles. The molecule has 1 unspecified atom stereocenters. The molecule has 4 rings (SSSR count). The molecule has 3 atom stereocenters. The van der Waals surface area contributed by atoms with Crippen molar-refractivity contribution in [3.63, 3.8) is 0 Å². The molecule has 0 aromatic heterocycles. The average molecular weight is 316 g/mol. The Morgan fingerprint density at radius 2 is 2.17 bits per heavy atom. The molecule has 124 valence electrons. The number of nitrogens with one attached hydrogen (secondary N) is 2. The van der Waals surface area contributed by atoms with Crippen LogP contribution >= 0.6 is 0 Å². The second-order valence-electron chi connectivity index (χ2n) is 6.94. The summed E-state index contributed by atoms with van der Waals surface area (Å²) in [6.07, 6.45) is 4.44. The van der Waals surface area contributed by atoms with E-state index in [0.29, 0.717) is 19.1 Å². The minimum atomic E-state index is -0.203. The lowest BCUT2D eigenvalue weighted by atomic mass is 9.67. The van der Waals surface area contributed by atoms with Crippen LogP contribution in [0, 0.1) is 11.3 Å². The predicted octanol–water partition coefficient (Wildman–Crippen LogP) is 1.72. The van der Waals surface area contributed by atoms with Crippen molar-refractivity contribution >= 4 is 5.91 Å². The molecule has 2 fully saturated rings. The van der Waals surface area contributed by atoms with Gasteiger partial charge in [-0.15, -0.1) is 0 Å². The minimum Gasteiger partial charge on any atom is -0.486 e. The zero-order chi connectivity index (χ0) is 15.7. The molecular weight excluding hydrogens is 292 g/mol. The van der Waals surface area contributed by atoms with Crippen LogP contribution in [0.25, 0.3) is 0 Å². The Morgan fingerprint density at radius 3 is 3.09 bits per heavy atom. The largest absolute Gasteiger partial charge is 0.486 e. The van der Waals surface area contributed by atoms with Crippen LogP contribution in [0.4, 0.5) is 0 Å². The molecule has 1 aromatic carbocycles. The van der Waals surface area contributed by atoms with Crippen molar-refractivity contribution in [3.05, 3.63) is 24.3 Å². The fourth-order valence-corrected chi connectivity index (χ4v) is 4.24. The lowest BCUT2D eigenvalue weighted by Crippen LogP contribution is -2.51. The Balaban J connectivity index is 1.37. The van der Waals surface area contributed by atoms with Gasteiger partial charge < -0.3 is 20.1 Å². The summed E-state index contributed by atoms with van der Waals surface area (Å²) >= 11 is 0. The Labute approximate surface area is 136 Å². The van der Waals surface area contributed by atoms with Gasteiger partial charge in [0.2, 0.25) is 5.91 Å². The summed E-state index contributed by atoms with van der Waals surface area (Å²) in [4.78, 5) is 12.8. The number of amides is 1. The zero-order valence-electron chi connectivity index (χ0n) is 13.3. The molecule has 1 amide bonds. The lowest BCUT2D eigenvalue weighted by molar-refractivity contribution is -0.134. The summed E-state index contributed by atoms with van der Waals surface area (Å²) in [6, 6.07) is 7.67. The topological polar surface area (TPSA) is 59.6 Å². The van der Waals surface area contributed by atoms with Crippen molar-refractivity contribution in [2.45, 2.75) is 31.8 Å². The first-order chi connectivity index (χ1) is 11.3. The van der Waals surface area contributed by atoms with Crippen molar-refractivity contribution in [2.75, 3.05) is 26.2 Å². The summed E-state index contributed by atoms with van der Waals surface area (Å²) in [7, 11) is 0. The van der Waals surface area contributed by atoms with Crippen molar-refractivity contribution < 1.29 is 14.3 Å². The normalized spacial score (nSPS) is 32.2. The molecule has 5 heteroatoms. The summed E-state index contributed by atoms with van der Waals surface area (Å²) in [5, 5.41) is 6.55. The van der Waals surface area contributed by atoms with Crippen LogP contribution in [0.1, 0.15) is 25.7 Å². The third-order valence-electron chi connectivity index (χ3n) is 5.55. The van der Waals surface area contributed by atoms with E-state index in [1.54, 1.807) is 0 Å². The van der Waals surface area contributed by atoms with Crippen molar-refractivity contribution in [1.82, 2.24) is 10.6 Å². The first-order valence-corrected chi connectivity index (χ1v) is 8.65. The first-order valence-electron chi connectivity index (χ1n) is 8.65. The van der Waals surface area contributed by atoms with Gasteiger partial charge in [-0.05, 0) is 37.4 Å². The van der Waals surface area contributed by atoms with E-state index in [1.165, 1.54) is 6.42 Å². The fourth-order valence-electron chi connectivity index (χ4n) is 4.24. The number of hydrogen-bond donors (Lipinski definition) is 2. The van der Waals surface area contributed by atoms with Crippen LogP contribution in [0.2, 0.25) is 0 Å². The SMILES string of the molecule is O=C(NCC1COc2ccccc2O1)[C@@]12CCCC[C@H]1CNC2. The highest BCUT2D eigenvalue weighted by Crippen LogP contribution is 2.43. The molecule has 2 heterocycles. The molecule has 1 aromatic rings. The van der Waals surface area contributed by atoms with Crippen LogP contribution in [0.5, 0.6) is 11.5 Å². The van der Waals surface area contributed by atoms with E-state index in [0.717, 1.165) is 43.9 Å². The number of benzene rings is 1. The highest BCUT2D eigenvalue weighted by Gasteiger charge is 2.49. The molecule has 3 aliphatic rings. The third kappa shape index (κ3) is 2.67. The highest BCUT2D eigenvalue weighted by molar-refractivity contribution is 5.84. The van der Waals surface area contributed by atoms with Gasteiger partial charge in [-0.25, -0.2) is 0 Å². The van der Waals surface area contributed by atoms with Crippen molar-refractivity contribution in [3.8, 4) is 11.5 Å². The van der Waals surface area contributed by atoms with E-state index in [1.807, 2.05) is 24.3 Å². The second-order valence-corrected chi connectivity index (χ2v) is 6.94. The van der Waals surface area contributed by atoms with E-state index < -0.39 is 0 Å². The van der Waals surface area contributed by atoms with Gasteiger partial charge in [0, 0.05) is 6.54 Å². The summed E-state index contributed by atoms with van der Waals surface area (Å²) in [5.41, 5.74) is -0.203.